The van der Waals surface area contributed by atoms with Crippen molar-refractivity contribution in [2.45, 2.75) is 6.42 Å². The largest absolute Gasteiger partial charge is 0.365 e. The molecule has 0 fully saturated rings. The molecule has 3 heteroatoms. The second-order valence-electron chi connectivity index (χ2n) is 5.31. The van der Waals surface area contributed by atoms with Crippen molar-refractivity contribution in [1.82, 2.24) is 0 Å². The van der Waals surface area contributed by atoms with Crippen LogP contribution < -0.4 is 0 Å². The summed E-state index contributed by atoms with van der Waals surface area (Å²) in [5, 5.41) is 4.13. The highest BCUT2D eigenvalue weighted by Crippen LogP contribution is 2.10. The third-order valence-corrected chi connectivity index (χ3v) is 3.57. The van der Waals surface area contributed by atoms with Crippen LogP contribution in [0.3, 0.4) is 0 Å². The fraction of sp³-hybridized carbons (Fsp3) is 0.0476. The van der Waals surface area contributed by atoms with Crippen LogP contribution in [0, 0.1) is 0 Å². The summed E-state index contributed by atoms with van der Waals surface area (Å²) in [5.41, 5.74) is 3.23. The molecular formula is C21H17NO2. The molecule has 3 rings (SSSR count). The Bertz CT molecular complexity index is 812. The third-order valence-electron chi connectivity index (χ3n) is 3.57. The van der Waals surface area contributed by atoms with Crippen molar-refractivity contribution in [3.05, 3.63) is 108 Å². The molecule has 0 bridgehead atoms. The van der Waals surface area contributed by atoms with Crippen LogP contribution in [0.25, 0.3) is 0 Å². The van der Waals surface area contributed by atoms with Crippen LogP contribution in [-0.2, 0) is 11.3 Å². The summed E-state index contributed by atoms with van der Waals surface area (Å²) in [6, 6.07) is 28.6. The molecule has 0 saturated carbocycles. The average molecular weight is 315 g/mol. The maximum atomic E-state index is 12.1. The summed E-state index contributed by atoms with van der Waals surface area (Å²) in [5.74, 6) is -0.461. The SMILES string of the molecule is O=C(ON=C(Cc1ccccc1)c1ccccc1)c1ccccc1. The number of hydrogen-bond acceptors (Lipinski definition) is 3. The molecule has 0 amide bonds. The molecule has 3 nitrogen and oxygen atoms in total. The van der Waals surface area contributed by atoms with Crippen LogP contribution in [0.4, 0.5) is 0 Å². The maximum Gasteiger partial charge on any atom is 0.365 e. The number of benzene rings is 3. The average Bonchev–Trinajstić information content (AvgIpc) is 2.67. The molecule has 3 aromatic carbocycles. The van der Waals surface area contributed by atoms with Gasteiger partial charge in [0.25, 0.3) is 0 Å². The van der Waals surface area contributed by atoms with E-state index < -0.39 is 5.97 Å². The Hall–Kier alpha value is -3.20. The minimum atomic E-state index is -0.461. The Balaban J connectivity index is 1.83. The second-order valence-corrected chi connectivity index (χ2v) is 5.31. The molecule has 118 valence electrons. The highest BCUT2D eigenvalue weighted by Gasteiger charge is 2.09. The standard InChI is InChI=1S/C21H17NO2/c23-21(19-14-8-3-9-15-19)24-22-20(18-12-6-2-7-13-18)16-17-10-4-1-5-11-17/h1-15H,16H2. The Morgan fingerprint density at radius 3 is 1.79 bits per heavy atom. The first-order chi connectivity index (χ1) is 11.8. The molecule has 0 spiro atoms. The van der Waals surface area contributed by atoms with E-state index in [2.05, 4.69) is 5.16 Å². The lowest BCUT2D eigenvalue weighted by Gasteiger charge is -2.07. The third kappa shape index (κ3) is 4.17. The number of rotatable bonds is 5. The molecule has 0 N–H and O–H groups in total. The topological polar surface area (TPSA) is 38.7 Å². The van der Waals surface area contributed by atoms with Gasteiger partial charge in [0.1, 0.15) is 0 Å². The predicted molar refractivity (Wildman–Crippen MR) is 95.0 cm³/mol. The van der Waals surface area contributed by atoms with Crippen molar-refractivity contribution in [2.75, 3.05) is 0 Å². The zero-order chi connectivity index (χ0) is 16.6. The Kier molecular flexibility index (Phi) is 5.15. The number of carbonyl (C=O) groups excluding carboxylic acids is 1. The van der Waals surface area contributed by atoms with E-state index in [9.17, 15) is 4.79 Å². The van der Waals surface area contributed by atoms with Crippen molar-refractivity contribution in [1.29, 1.82) is 0 Å². The highest BCUT2D eigenvalue weighted by molar-refractivity contribution is 6.02. The molecule has 0 radical (unpaired) electrons. The van der Waals surface area contributed by atoms with Gasteiger partial charge in [0.2, 0.25) is 0 Å². The van der Waals surface area contributed by atoms with E-state index in [4.69, 9.17) is 4.84 Å². The molecule has 0 aliphatic heterocycles. The first-order valence-corrected chi connectivity index (χ1v) is 7.75. The van der Waals surface area contributed by atoms with Crippen LogP contribution in [0.15, 0.2) is 96.2 Å². The van der Waals surface area contributed by atoms with Gasteiger partial charge in [0.05, 0.1) is 11.3 Å². The smallest absolute Gasteiger partial charge is 0.313 e. The summed E-state index contributed by atoms with van der Waals surface area (Å²) in [7, 11) is 0. The van der Waals surface area contributed by atoms with Gasteiger partial charge in [0.15, 0.2) is 0 Å². The van der Waals surface area contributed by atoms with Gasteiger partial charge in [-0.05, 0) is 23.3 Å². The van der Waals surface area contributed by atoms with Gasteiger partial charge in [-0.1, -0.05) is 84.0 Å². The van der Waals surface area contributed by atoms with E-state index in [0.29, 0.717) is 17.7 Å². The monoisotopic (exact) mass is 315 g/mol. The lowest BCUT2D eigenvalue weighted by Crippen LogP contribution is -2.09. The van der Waals surface area contributed by atoms with E-state index in [1.165, 1.54) is 0 Å². The lowest BCUT2D eigenvalue weighted by atomic mass is 10.0. The minimum absolute atomic E-state index is 0.461. The molecule has 0 heterocycles. The van der Waals surface area contributed by atoms with Gasteiger partial charge in [-0.15, -0.1) is 0 Å². The first-order valence-electron chi connectivity index (χ1n) is 7.75. The molecule has 0 atom stereocenters. The molecule has 24 heavy (non-hydrogen) atoms. The van der Waals surface area contributed by atoms with E-state index in [1.807, 2.05) is 66.7 Å². The number of nitrogens with zero attached hydrogens (tertiary/aromatic N) is 1. The molecule has 0 saturated heterocycles. The second kappa shape index (κ2) is 7.88. The Morgan fingerprint density at radius 2 is 1.21 bits per heavy atom. The van der Waals surface area contributed by atoms with Crippen molar-refractivity contribution < 1.29 is 9.63 Å². The molecule has 0 aliphatic rings. The Morgan fingerprint density at radius 1 is 0.708 bits per heavy atom. The van der Waals surface area contributed by atoms with E-state index in [1.54, 1.807) is 24.3 Å². The molecule has 0 unspecified atom stereocenters. The van der Waals surface area contributed by atoms with Crippen LogP contribution in [0.2, 0.25) is 0 Å². The first kappa shape index (κ1) is 15.7. The summed E-state index contributed by atoms with van der Waals surface area (Å²) in [6.07, 6.45) is 0.590. The molecular weight excluding hydrogens is 298 g/mol. The normalized spacial score (nSPS) is 11.1. The fourth-order valence-corrected chi connectivity index (χ4v) is 2.33. The van der Waals surface area contributed by atoms with Gasteiger partial charge in [0, 0.05) is 6.42 Å². The number of hydrogen-bond donors (Lipinski definition) is 0. The summed E-state index contributed by atoms with van der Waals surface area (Å²) in [4.78, 5) is 17.3. The lowest BCUT2D eigenvalue weighted by molar-refractivity contribution is 0.0516. The van der Waals surface area contributed by atoms with Crippen LogP contribution in [0.5, 0.6) is 0 Å². The minimum Gasteiger partial charge on any atom is -0.313 e. The van der Waals surface area contributed by atoms with Crippen molar-refractivity contribution in [3.8, 4) is 0 Å². The highest BCUT2D eigenvalue weighted by atomic mass is 16.7. The van der Waals surface area contributed by atoms with Crippen LogP contribution in [-0.4, -0.2) is 11.7 Å². The van der Waals surface area contributed by atoms with Gasteiger partial charge in [-0.25, -0.2) is 4.79 Å². The van der Waals surface area contributed by atoms with Crippen molar-refractivity contribution in [2.24, 2.45) is 5.16 Å². The molecule has 3 aromatic rings. The number of oxime groups is 1. The van der Waals surface area contributed by atoms with Gasteiger partial charge in [-0.2, -0.15) is 0 Å². The van der Waals surface area contributed by atoms with E-state index in [-0.39, 0.29) is 0 Å². The van der Waals surface area contributed by atoms with Gasteiger partial charge in [-0.3, -0.25) is 0 Å². The van der Waals surface area contributed by atoms with Crippen molar-refractivity contribution in [3.63, 3.8) is 0 Å². The van der Waals surface area contributed by atoms with Crippen LogP contribution >= 0.6 is 0 Å². The van der Waals surface area contributed by atoms with Crippen LogP contribution in [0.1, 0.15) is 21.5 Å². The summed E-state index contributed by atoms with van der Waals surface area (Å²) < 4.78 is 0. The van der Waals surface area contributed by atoms with Gasteiger partial charge >= 0.3 is 5.97 Å². The Labute approximate surface area is 141 Å². The van der Waals surface area contributed by atoms with Gasteiger partial charge < -0.3 is 4.84 Å². The zero-order valence-corrected chi connectivity index (χ0v) is 13.1. The molecule has 0 aliphatic carbocycles. The summed E-state index contributed by atoms with van der Waals surface area (Å²) >= 11 is 0. The fourth-order valence-electron chi connectivity index (χ4n) is 2.33. The quantitative estimate of drug-likeness (QED) is 0.395. The number of carbonyl (C=O) groups is 1. The predicted octanol–water partition coefficient (Wildman–Crippen LogP) is 4.49. The zero-order valence-electron chi connectivity index (χ0n) is 13.1. The molecule has 0 aromatic heterocycles. The summed E-state index contributed by atoms with van der Waals surface area (Å²) in [6.45, 7) is 0. The van der Waals surface area contributed by atoms with Crippen molar-refractivity contribution >= 4 is 11.7 Å². The maximum absolute atomic E-state index is 12.1. The van der Waals surface area contributed by atoms with E-state index in [0.717, 1.165) is 11.1 Å². The van der Waals surface area contributed by atoms with E-state index >= 15 is 0 Å².